The minimum Gasteiger partial charge on any atom is -0.423 e. The van der Waals surface area contributed by atoms with Crippen molar-refractivity contribution < 1.29 is 14.3 Å². The van der Waals surface area contributed by atoms with Gasteiger partial charge in [0.1, 0.15) is 10.1 Å². The molecule has 1 saturated heterocycles. The first-order valence-corrected chi connectivity index (χ1v) is 11.6. The molecule has 3 aromatic rings. The molecule has 4 rings (SSSR count). The zero-order chi connectivity index (χ0) is 23.2. The van der Waals surface area contributed by atoms with E-state index in [0.717, 1.165) is 16.7 Å². The maximum atomic E-state index is 12.9. The van der Waals surface area contributed by atoms with Gasteiger partial charge >= 0.3 is 5.97 Å². The molecule has 1 aliphatic rings. The van der Waals surface area contributed by atoms with Crippen molar-refractivity contribution >= 4 is 52.3 Å². The van der Waals surface area contributed by atoms with Crippen LogP contribution in [0.3, 0.4) is 0 Å². The molecule has 3 aromatic carbocycles. The summed E-state index contributed by atoms with van der Waals surface area (Å²) in [5, 5.41) is 0. The molecule has 0 aromatic heterocycles. The van der Waals surface area contributed by atoms with Crippen LogP contribution < -0.4 is 4.74 Å². The molecule has 1 fully saturated rings. The van der Waals surface area contributed by atoms with Gasteiger partial charge in [0.25, 0.3) is 5.91 Å². The van der Waals surface area contributed by atoms with Gasteiger partial charge in [-0.05, 0) is 47.9 Å². The van der Waals surface area contributed by atoms with Gasteiger partial charge < -0.3 is 4.74 Å². The van der Waals surface area contributed by atoms with Gasteiger partial charge in [-0.25, -0.2) is 4.79 Å². The van der Waals surface area contributed by atoms with Crippen LogP contribution in [0.5, 0.6) is 5.75 Å². The summed E-state index contributed by atoms with van der Waals surface area (Å²) in [5.74, 6) is -0.127. The molecule has 0 spiro atoms. The molecule has 0 radical (unpaired) electrons. The molecule has 6 heteroatoms. The number of carbonyl (C=O) groups excluding carboxylic acids is 2. The Hall–Kier alpha value is -3.48. The SMILES string of the molecule is Cc1ccc(CN2C(=O)/C(=C/c3ccc(OC(=O)/C=C/c4ccccc4)cc3)SC2=S)cc1. The van der Waals surface area contributed by atoms with E-state index >= 15 is 0 Å². The van der Waals surface area contributed by atoms with Crippen molar-refractivity contribution in [1.82, 2.24) is 4.90 Å². The van der Waals surface area contributed by atoms with E-state index in [9.17, 15) is 9.59 Å². The minimum absolute atomic E-state index is 0.105. The second-order valence-electron chi connectivity index (χ2n) is 7.49. The van der Waals surface area contributed by atoms with Gasteiger partial charge in [0.15, 0.2) is 0 Å². The molecule has 0 N–H and O–H groups in total. The third kappa shape index (κ3) is 6.06. The van der Waals surface area contributed by atoms with E-state index in [0.29, 0.717) is 21.5 Å². The lowest BCUT2D eigenvalue weighted by atomic mass is 10.1. The van der Waals surface area contributed by atoms with E-state index in [2.05, 4.69) is 0 Å². The molecule has 0 aliphatic carbocycles. The maximum Gasteiger partial charge on any atom is 0.336 e. The number of carbonyl (C=O) groups is 2. The zero-order valence-corrected chi connectivity index (χ0v) is 19.6. The quantitative estimate of drug-likeness (QED) is 0.191. The monoisotopic (exact) mass is 471 g/mol. The maximum absolute atomic E-state index is 12.9. The summed E-state index contributed by atoms with van der Waals surface area (Å²) in [7, 11) is 0. The smallest absolute Gasteiger partial charge is 0.336 e. The van der Waals surface area contributed by atoms with Crippen LogP contribution in [0.4, 0.5) is 0 Å². The molecule has 0 unspecified atom stereocenters. The summed E-state index contributed by atoms with van der Waals surface area (Å²) in [6, 6.07) is 24.6. The molecular formula is C27H21NO3S2. The zero-order valence-electron chi connectivity index (χ0n) is 17.9. The summed E-state index contributed by atoms with van der Waals surface area (Å²) in [5.41, 5.74) is 3.95. The van der Waals surface area contributed by atoms with E-state index in [1.807, 2.05) is 61.5 Å². The van der Waals surface area contributed by atoms with Crippen molar-refractivity contribution in [2.24, 2.45) is 0 Å². The Morgan fingerprint density at radius 3 is 2.36 bits per heavy atom. The van der Waals surface area contributed by atoms with Crippen molar-refractivity contribution in [2.45, 2.75) is 13.5 Å². The Morgan fingerprint density at radius 2 is 1.67 bits per heavy atom. The highest BCUT2D eigenvalue weighted by Crippen LogP contribution is 2.33. The molecule has 1 amide bonds. The molecule has 0 bridgehead atoms. The van der Waals surface area contributed by atoms with Crippen LogP contribution in [0.25, 0.3) is 12.2 Å². The molecule has 164 valence electrons. The fourth-order valence-corrected chi connectivity index (χ4v) is 4.43. The van der Waals surface area contributed by atoms with Crippen LogP contribution in [0.1, 0.15) is 22.3 Å². The van der Waals surface area contributed by atoms with Crippen LogP contribution >= 0.6 is 24.0 Å². The third-order valence-electron chi connectivity index (χ3n) is 4.94. The molecule has 33 heavy (non-hydrogen) atoms. The summed E-state index contributed by atoms with van der Waals surface area (Å²) in [6.45, 7) is 2.48. The predicted octanol–water partition coefficient (Wildman–Crippen LogP) is 6.02. The second-order valence-corrected chi connectivity index (χ2v) is 9.16. The summed E-state index contributed by atoms with van der Waals surface area (Å²) in [4.78, 5) is 27.1. The van der Waals surface area contributed by atoms with Gasteiger partial charge in [0, 0.05) is 6.08 Å². The summed E-state index contributed by atoms with van der Waals surface area (Å²) >= 11 is 6.72. The third-order valence-corrected chi connectivity index (χ3v) is 6.32. The number of rotatable bonds is 6. The first kappa shape index (κ1) is 22.7. The van der Waals surface area contributed by atoms with Crippen LogP contribution in [0.15, 0.2) is 89.8 Å². The Bertz CT molecular complexity index is 1230. The Labute approximate surface area is 202 Å². The fourth-order valence-electron chi connectivity index (χ4n) is 3.17. The number of thiocarbonyl (C=S) groups is 1. The normalized spacial score (nSPS) is 14.9. The van der Waals surface area contributed by atoms with E-state index in [1.165, 1.54) is 23.4 Å². The number of hydrogen-bond acceptors (Lipinski definition) is 5. The van der Waals surface area contributed by atoms with Crippen molar-refractivity contribution in [3.8, 4) is 5.75 Å². The van der Waals surface area contributed by atoms with E-state index < -0.39 is 5.97 Å². The number of nitrogens with zero attached hydrogens (tertiary/aromatic N) is 1. The topological polar surface area (TPSA) is 46.6 Å². The average Bonchev–Trinajstić information content (AvgIpc) is 3.08. The van der Waals surface area contributed by atoms with Gasteiger partial charge in [-0.3, -0.25) is 9.69 Å². The number of esters is 1. The number of aryl methyl sites for hydroxylation is 1. The average molecular weight is 472 g/mol. The lowest BCUT2D eigenvalue weighted by Crippen LogP contribution is -2.27. The van der Waals surface area contributed by atoms with E-state index in [-0.39, 0.29) is 5.91 Å². The van der Waals surface area contributed by atoms with Crippen molar-refractivity contribution in [1.29, 1.82) is 0 Å². The molecule has 1 aliphatic heterocycles. The lowest BCUT2D eigenvalue weighted by molar-refractivity contribution is -0.129. The van der Waals surface area contributed by atoms with Gasteiger partial charge in [-0.1, -0.05) is 96.3 Å². The van der Waals surface area contributed by atoms with Gasteiger partial charge in [0.05, 0.1) is 11.4 Å². The highest BCUT2D eigenvalue weighted by Gasteiger charge is 2.31. The number of amides is 1. The van der Waals surface area contributed by atoms with E-state index in [4.69, 9.17) is 17.0 Å². The number of ether oxygens (including phenoxy) is 1. The standard InChI is InChI=1S/C27H21NO3S2/c1-19-7-9-22(10-8-19)18-28-26(30)24(33-27(28)32)17-21-11-14-23(15-12-21)31-25(29)16-13-20-5-3-2-4-6-20/h2-17H,18H2,1H3/b16-13+,24-17-. The van der Waals surface area contributed by atoms with Crippen molar-refractivity contribution in [3.63, 3.8) is 0 Å². The summed E-state index contributed by atoms with van der Waals surface area (Å²) < 4.78 is 5.89. The number of benzene rings is 3. The fraction of sp³-hybridized carbons (Fsp3) is 0.0741. The van der Waals surface area contributed by atoms with Gasteiger partial charge in [-0.15, -0.1) is 0 Å². The highest BCUT2D eigenvalue weighted by molar-refractivity contribution is 8.26. The largest absolute Gasteiger partial charge is 0.423 e. The Kier molecular flexibility index (Phi) is 7.17. The lowest BCUT2D eigenvalue weighted by Gasteiger charge is -2.14. The number of hydrogen-bond donors (Lipinski definition) is 0. The second kappa shape index (κ2) is 10.4. The first-order chi connectivity index (χ1) is 16.0. The van der Waals surface area contributed by atoms with Crippen molar-refractivity contribution in [3.05, 3.63) is 112 Å². The Balaban J connectivity index is 1.38. The highest BCUT2D eigenvalue weighted by atomic mass is 32.2. The first-order valence-electron chi connectivity index (χ1n) is 10.3. The van der Waals surface area contributed by atoms with Crippen LogP contribution in [-0.2, 0) is 16.1 Å². The number of thioether (sulfide) groups is 1. The Morgan fingerprint density at radius 1 is 0.970 bits per heavy atom. The van der Waals surface area contributed by atoms with Crippen LogP contribution in [-0.4, -0.2) is 21.1 Å². The predicted molar refractivity (Wildman–Crippen MR) is 137 cm³/mol. The van der Waals surface area contributed by atoms with Gasteiger partial charge in [-0.2, -0.15) is 0 Å². The van der Waals surface area contributed by atoms with Crippen molar-refractivity contribution in [2.75, 3.05) is 0 Å². The molecule has 0 saturated carbocycles. The van der Waals surface area contributed by atoms with Crippen LogP contribution in [0.2, 0.25) is 0 Å². The molecular weight excluding hydrogens is 450 g/mol. The van der Waals surface area contributed by atoms with E-state index in [1.54, 1.807) is 41.3 Å². The molecule has 4 nitrogen and oxygen atoms in total. The van der Waals surface area contributed by atoms with Crippen LogP contribution in [0, 0.1) is 6.92 Å². The van der Waals surface area contributed by atoms with Gasteiger partial charge in [0.2, 0.25) is 0 Å². The minimum atomic E-state index is -0.455. The molecule has 1 heterocycles. The molecule has 0 atom stereocenters. The summed E-state index contributed by atoms with van der Waals surface area (Å²) in [6.07, 6.45) is 4.90.